The maximum absolute atomic E-state index is 5.38. The number of imidazole rings is 1. The second kappa shape index (κ2) is 7.20. The quantitative estimate of drug-likeness (QED) is 0.769. The van der Waals surface area contributed by atoms with Gasteiger partial charge in [0.25, 0.3) is 0 Å². The molecular weight excluding hydrogens is 324 g/mol. The maximum atomic E-state index is 5.38. The standard InChI is InChI=1S/C21H24N4O/c1-15-20(24-14-23-15)16-8-11-25(12-9-16)21-19(7-4-10-22-21)17-5-3-6-18(13-17)26-2/h3-7,10,13-14,16H,8-9,11-12H2,1-2H3,(H,23,24). The number of rotatable bonds is 4. The van der Waals surface area contributed by atoms with E-state index in [1.165, 1.54) is 11.4 Å². The highest BCUT2D eigenvalue weighted by Crippen LogP contribution is 2.35. The van der Waals surface area contributed by atoms with Gasteiger partial charge in [0.2, 0.25) is 0 Å². The Hall–Kier alpha value is -2.82. The van der Waals surface area contributed by atoms with Crippen molar-refractivity contribution in [1.82, 2.24) is 15.0 Å². The van der Waals surface area contributed by atoms with Crippen molar-refractivity contribution in [2.45, 2.75) is 25.7 Å². The number of ether oxygens (including phenoxy) is 1. The van der Waals surface area contributed by atoms with E-state index in [1.54, 1.807) is 13.4 Å². The van der Waals surface area contributed by atoms with E-state index in [4.69, 9.17) is 9.72 Å². The Labute approximate surface area is 154 Å². The van der Waals surface area contributed by atoms with E-state index in [0.717, 1.165) is 48.6 Å². The Bertz CT molecular complexity index is 881. The predicted octanol–water partition coefficient (Wildman–Crippen LogP) is 4.17. The first kappa shape index (κ1) is 16.6. The molecule has 1 aromatic carbocycles. The molecule has 0 aliphatic carbocycles. The van der Waals surface area contributed by atoms with Crippen LogP contribution in [-0.2, 0) is 0 Å². The lowest BCUT2D eigenvalue weighted by atomic mass is 9.92. The van der Waals surface area contributed by atoms with E-state index in [9.17, 15) is 0 Å². The van der Waals surface area contributed by atoms with Gasteiger partial charge < -0.3 is 14.6 Å². The van der Waals surface area contributed by atoms with Crippen molar-refractivity contribution in [3.8, 4) is 16.9 Å². The number of aryl methyl sites for hydroxylation is 1. The van der Waals surface area contributed by atoms with E-state index < -0.39 is 0 Å². The van der Waals surface area contributed by atoms with Crippen molar-refractivity contribution in [2.24, 2.45) is 0 Å². The molecule has 5 heteroatoms. The zero-order chi connectivity index (χ0) is 17.9. The molecule has 0 amide bonds. The van der Waals surface area contributed by atoms with Crippen LogP contribution in [0.1, 0.15) is 30.1 Å². The zero-order valence-electron chi connectivity index (χ0n) is 15.3. The Kier molecular flexibility index (Phi) is 4.61. The van der Waals surface area contributed by atoms with E-state index in [-0.39, 0.29) is 0 Å². The molecule has 0 spiro atoms. The molecular formula is C21H24N4O. The molecule has 1 N–H and O–H groups in total. The van der Waals surface area contributed by atoms with Crippen LogP contribution in [0.15, 0.2) is 48.9 Å². The number of aromatic nitrogens is 3. The van der Waals surface area contributed by atoms with Gasteiger partial charge in [-0.2, -0.15) is 0 Å². The van der Waals surface area contributed by atoms with E-state index in [2.05, 4.69) is 40.0 Å². The number of benzene rings is 1. The summed E-state index contributed by atoms with van der Waals surface area (Å²) >= 11 is 0. The molecule has 134 valence electrons. The van der Waals surface area contributed by atoms with Gasteiger partial charge in [0.1, 0.15) is 11.6 Å². The van der Waals surface area contributed by atoms with Gasteiger partial charge in [0.05, 0.1) is 19.1 Å². The monoisotopic (exact) mass is 348 g/mol. The first-order valence-corrected chi connectivity index (χ1v) is 9.10. The van der Waals surface area contributed by atoms with E-state index >= 15 is 0 Å². The molecule has 1 aliphatic rings. The number of piperidine rings is 1. The molecule has 0 radical (unpaired) electrons. The van der Waals surface area contributed by atoms with Gasteiger partial charge in [-0.05, 0) is 49.6 Å². The van der Waals surface area contributed by atoms with Gasteiger partial charge in [0, 0.05) is 36.5 Å². The first-order valence-electron chi connectivity index (χ1n) is 9.10. The summed E-state index contributed by atoms with van der Waals surface area (Å²) in [4.78, 5) is 14.8. The van der Waals surface area contributed by atoms with Crippen LogP contribution in [0.2, 0.25) is 0 Å². The average Bonchev–Trinajstić information content (AvgIpc) is 3.14. The highest BCUT2D eigenvalue weighted by molar-refractivity contribution is 5.76. The zero-order valence-corrected chi connectivity index (χ0v) is 15.3. The van der Waals surface area contributed by atoms with Gasteiger partial charge >= 0.3 is 0 Å². The smallest absolute Gasteiger partial charge is 0.136 e. The summed E-state index contributed by atoms with van der Waals surface area (Å²) in [7, 11) is 1.70. The van der Waals surface area contributed by atoms with Crippen LogP contribution in [0.4, 0.5) is 5.82 Å². The molecule has 4 rings (SSSR count). The number of H-pyrrole nitrogens is 1. The van der Waals surface area contributed by atoms with Crippen LogP contribution in [0, 0.1) is 6.92 Å². The van der Waals surface area contributed by atoms with Gasteiger partial charge in [-0.1, -0.05) is 12.1 Å². The minimum Gasteiger partial charge on any atom is -0.497 e. The summed E-state index contributed by atoms with van der Waals surface area (Å²) in [6, 6.07) is 12.3. The molecule has 0 atom stereocenters. The molecule has 1 aliphatic heterocycles. The van der Waals surface area contributed by atoms with Crippen LogP contribution in [0.3, 0.4) is 0 Å². The third kappa shape index (κ3) is 3.17. The minimum atomic E-state index is 0.529. The maximum Gasteiger partial charge on any atom is 0.136 e. The van der Waals surface area contributed by atoms with Crippen molar-refractivity contribution in [2.75, 3.05) is 25.1 Å². The number of methoxy groups -OCH3 is 1. The summed E-state index contributed by atoms with van der Waals surface area (Å²) < 4.78 is 5.38. The topological polar surface area (TPSA) is 54.0 Å². The highest BCUT2D eigenvalue weighted by Gasteiger charge is 2.25. The first-order chi connectivity index (χ1) is 12.8. The molecule has 0 unspecified atom stereocenters. The van der Waals surface area contributed by atoms with Crippen molar-refractivity contribution in [1.29, 1.82) is 0 Å². The molecule has 26 heavy (non-hydrogen) atoms. The molecule has 1 fully saturated rings. The van der Waals surface area contributed by atoms with E-state index in [0.29, 0.717) is 5.92 Å². The Morgan fingerprint density at radius 2 is 1.96 bits per heavy atom. The average molecular weight is 348 g/mol. The molecule has 2 aromatic heterocycles. The number of aromatic amines is 1. The Balaban J connectivity index is 1.57. The largest absolute Gasteiger partial charge is 0.497 e. The molecule has 3 aromatic rings. The van der Waals surface area contributed by atoms with Gasteiger partial charge in [-0.3, -0.25) is 0 Å². The fraction of sp³-hybridized carbons (Fsp3) is 0.333. The van der Waals surface area contributed by atoms with Gasteiger partial charge in [0.15, 0.2) is 0 Å². The number of hydrogen-bond acceptors (Lipinski definition) is 4. The molecule has 0 bridgehead atoms. The molecule has 0 saturated carbocycles. The SMILES string of the molecule is COc1cccc(-c2cccnc2N2CCC(c3nc[nH]c3C)CC2)c1. The number of anilines is 1. The molecule has 3 heterocycles. The second-order valence-corrected chi connectivity index (χ2v) is 6.78. The van der Waals surface area contributed by atoms with Crippen molar-refractivity contribution in [3.63, 3.8) is 0 Å². The lowest BCUT2D eigenvalue weighted by Crippen LogP contribution is -2.34. The molecule has 1 saturated heterocycles. The Morgan fingerprint density at radius 3 is 2.69 bits per heavy atom. The van der Waals surface area contributed by atoms with Crippen LogP contribution >= 0.6 is 0 Å². The number of pyridine rings is 1. The molecule has 5 nitrogen and oxygen atoms in total. The number of nitrogens with one attached hydrogen (secondary N) is 1. The van der Waals surface area contributed by atoms with Crippen LogP contribution in [0.25, 0.3) is 11.1 Å². The normalized spacial score (nSPS) is 15.2. The number of nitrogens with zero attached hydrogens (tertiary/aromatic N) is 3. The highest BCUT2D eigenvalue weighted by atomic mass is 16.5. The van der Waals surface area contributed by atoms with Crippen molar-refractivity contribution < 1.29 is 4.74 Å². The van der Waals surface area contributed by atoms with E-state index in [1.807, 2.05) is 24.4 Å². The summed E-state index contributed by atoms with van der Waals surface area (Å²) in [6.45, 7) is 4.09. The van der Waals surface area contributed by atoms with Crippen LogP contribution in [-0.4, -0.2) is 35.2 Å². The lowest BCUT2D eigenvalue weighted by molar-refractivity contribution is 0.415. The number of hydrogen-bond donors (Lipinski definition) is 1. The lowest BCUT2D eigenvalue weighted by Gasteiger charge is -2.33. The predicted molar refractivity (Wildman–Crippen MR) is 104 cm³/mol. The second-order valence-electron chi connectivity index (χ2n) is 6.78. The summed E-state index contributed by atoms with van der Waals surface area (Å²) in [5, 5.41) is 0. The van der Waals surface area contributed by atoms with Crippen molar-refractivity contribution in [3.05, 3.63) is 60.3 Å². The van der Waals surface area contributed by atoms with Crippen LogP contribution < -0.4 is 9.64 Å². The van der Waals surface area contributed by atoms with Crippen LogP contribution in [0.5, 0.6) is 5.75 Å². The summed E-state index contributed by atoms with van der Waals surface area (Å²) in [5.41, 5.74) is 4.70. The van der Waals surface area contributed by atoms with Crippen molar-refractivity contribution >= 4 is 5.82 Å². The third-order valence-electron chi connectivity index (χ3n) is 5.22. The summed E-state index contributed by atoms with van der Waals surface area (Å²) in [5.74, 6) is 2.45. The Morgan fingerprint density at radius 1 is 1.12 bits per heavy atom. The fourth-order valence-corrected chi connectivity index (χ4v) is 3.81. The third-order valence-corrected chi connectivity index (χ3v) is 5.22. The van der Waals surface area contributed by atoms with Gasteiger partial charge in [-0.15, -0.1) is 0 Å². The minimum absolute atomic E-state index is 0.529. The summed E-state index contributed by atoms with van der Waals surface area (Å²) in [6.07, 6.45) is 5.87. The van der Waals surface area contributed by atoms with Gasteiger partial charge in [-0.25, -0.2) is 9.97 Å². The fourth-order valence-electron chi connectivity index (χ4n) is 3.81.